The van der Waals surface area contributed by atoms with E-state index in [9.17, 15) is 4.79 Å². The summed E-state index contributed by atoms with van der Waals surface area (Å²) in [4.78, 5) is 18.3. The van der Waals surface area contributed by atoms with Gasteiger partial charge >= 0.3 is 0 Å². The number of nitrogens with one attached hydrogen (secondary N) is 1. The molecule has 1 aliphatic rings. The quantitative estimate of drug-likeness (QED) is 0.819. The Morgan fingerprint density at radius 1 is 1.30 bits per heavy atom. The van der Waals surface area contributed by atoms with E-state index in [0.717, 1.165) is 21.8 Å². The molecular formula is C13H8BrN3OS2. The first-order chi connectivity index (χ1) is 9.65. The maximum absolute atomic E-state index is 12.3. The smallest absolute Gasteiger partial charge is 0.273 e. The van der Waals surface area contributed by atoms with Crippen LogP contribution in [0.25, 0.3) is 6.08 Å². The number of carbonyl (C=O) groups excluding carboxylic acids is 1. The van der Waals surface area contributed by atoms with Gasteiger partial charge in [-0.1, -0.05) is 28.1 Å². The standard InChI is InChI=1S/C13H8BrN3OS2/c14-9-3-1-8(2-4-9)7-10-11(18)17(12(15)20-10)13-16-5-6-19-13/h1-7,15H. The van der Waals surface area contributed by atoms with Crippen molar-refractivity contribution in [3.63, 3.8) is 0 Å². The molecule has 0 aliphatic carbocycles. The number of nitrogens with zero attached hydrogens (tertiary/aromatic N) is 2. The van der Waals surface area contributed by atoms with Gasteiger partial charge in [-0.25, -0.2) is 9.88 Å². The molecule has 0 saturated carbocycles. The number of thiazole rings is 1. The largest absolute Gasteiger partial charge is 0.278 e. The Hall–Kier alpha value is -1.44. The summed E-state index contributed by atoms with van der Waals surface area (Å²) in [6.45, 7) is 0. The molecule has 0 atom stereocenters. The maximum Gasteiger partial charge on any atom is 0.273 e. The van der Waals surface area contributed by atoms with Crippen LogP contribution in [-0.2, 0) is 4.79 Å². The molecule has 7 heteroatoms. The molecule has 4 nitrogen and oxygen atoms in total. The van der Waals surface area contributed by atoms with Crippen molar-refractivity contribution in [2.24, 2.45) is 0 Å². The van der Waals surface area contributed by atoms with Gasteiger partial charge < -0.3 is 0 Å². The van der Waals surface area contributed by atoms with Gasteiger partial charge in [0.1, 0.15) is 0 Å². The predicted molar refractivity (Wildman–Crippen MR) is 87.0 cm³/mol. The second-order valence-corrected chi connectivity index (χ2v) is 6.74. The molecule has 2 heterocycles. The van der Waals surface area contributed by atoms with Crippen molar-refractivity contribution in [3.8, 4) is 0 Å². The van der Waals surface area contributed by atoms with Crippen LogP contribution < -0.4 is 4.90 Å². The molecule has 100 valence electrons. The Kier molecular flexibility index (Phi) is 3.73. The first-order valence-electron chi connectivity index (χ1n) is 5.63. The maximum atomic E-state index is 12.3. The lowest BCUT2D eigenvalue weighted by Crippen LogP contribution is -2.27. The second-order valence-electron chi connectivity index (χ2n) is 3.92. The fourth-order valence-corrected chi connectivity index (χ4v) is 3.51. The number of amidine groups is 1. The number of benzene rings is 1. The average molecular weight is 366 g/mol. The van der Waals surface area contributed by atoms with E-state index in [1.54, 1.807) is 17.7 Å². The molecule has 20 heavy (non-hydrogen) atoms. The molecule has 1 aromatic heterocycles. The lowest BCUT2D eigenvalue weighted by Gasteiger charge is -2.08. The molecule has 0 radical (unpaired) electrons. The number of halogens is 1. The van der Waals surface area contributed by atoms with Crippen LogP contribution in [0.4, 0.5) is 5.13 Å². The Bertz CT molecular complexity index is 695. The fourth-order valence-electron chi connectivity index (χ4n) is 1.70. The molecule has 1 amide bonds. The third-order valence-corrected chi connectivity index (χ3v) is 4.78. The predicted octanol–water partition coefficient (Wildman–Crippen LogP) is 3.96. The topological polar surface area (TPSA) is 57.1 Å². The number of rotatable bonds is 2. The Morgan fingerprint density at radius 2 is 2.05 bits per heavy atom. The summed E-state index contributed by atoms with van der Waals surface area (Å²) in [5, 5.41) is 10.4. The van der Waals surface area contributed by atoms with Gasteiger partial charge in [0.25, 0.3) is 5.91 Å². The summed E-state index contributed by atoms with van der Waals surface area (Å²) in [7, 11) is 0. The van der Waals surface area contributed by atoms with Crippen molar-refractivity contribution in [1.82, 2.24) is 4.98 Å². The minimum atomic E-state index is -0.196. The van der Waals surface area contributed by atoms with E-state index in [1.807, 2.05) is 24.3 Å². The van der Waals surface area contributed by atoms with Crippen LogP contribution in [0.15, 0.2) is 45.2 Å². The van der Waals surface area contributed by atoms with Crippen molar-refractivity contribution in [2.75, 3.05) is 4.90 Å². The zero-order chi connectivity index (χ0) is 14.1. The minimum absolute atomic E-state index is 0.188. The van der Waals surface area contributed by atoms with Crippen molar-refractivity contribution in [1.29, 1.82) is 5.41 Å². The van der Waals surface area contributed by atoms with Gasteiger partial charge in [-0.2, -0.15) is 0 Å². The Balaban J connectivity index is 1.91. The average Bonchev–Trinajstić information content (AvgIpc) is 3.02. The van der Waals surface area contributed by atoms with Crippen molar-refractivity contribution < 1.29 is 4.79 Å². The fraction of sp³-hybridized carbons (Fsp3) is 0. The number of amides is 1. The normalized spacial score (nSPS) is 17.2. The van der Waals surface area contributed by atoms with Crippen LogP contribution in [0, 0.1) is 5.41 Å². The highest BCUT2D eigenvalue weighted by molar-refractivity contribution is 9.10. The number of hydrogen-bond acceptors (Lipinski definition) is 5. The summed E-state index contributed by atoms with van der Waals surface area (Å²) in [5.74, 6) is -0.196. The van der Waals surface area contributed by atoms with Gasteiger partial charge in [0.2, 0.25) is 0 Å². The highest BCUT2D eigenvalue weighted by Gasteiger charge is 2.34. The summed E-state index contributed by atoms with van der Waals surface area (Å²) in [5.41, 5.74) is 0.929. The van der Waals surface area contributed by atoms with E-state index in [4.69, 9.17) is 5.41 Å². The second kappa shape index (κ2) is 5.51. The number of anilines is 1. The molecule has 0 unspecified atom stereocenters. The Morgan fingerprint density at radius 3 is 2.70 bits per heavy atom. The summed E-state index contributed by atoms with van der Waals surface area (Å²) >= 11 is 5.87. The summed E-state index contributed by atoms with van der Waals surface area (Å²) in [6, 6.07) is 7.67. The van der Waals surface area contributed by atoms with Crippen molar-refractivity contribution in [2.45, 2.75) is 0 Å². The summed E-state index contributed by atoms with van der Waals surface area (Å²) < 4.78 is 0.988. The van der Waals surface area contributed by atoms with E-state index < -0.39 is 0 Å². The zero-order valence-corrected chi connectivity index (χ0v) is 13.3. The molecule has 0 bridgehead atoms. The van der Waals surface area contributed by atoms with Gasteiger partial charge in [0.05, 0.1) is 4.91 Å². The van der Waals surface area contributed by atoms with Crippen LogP contribution in [0.1, 0.15) is 5.56 Å². The van der Waals surface area contributed by atoms with Gasteiger partial charge in [0, 0.05) is 16.0 Å². The SMILES string of the molecule is N=C1SC(=Cc2ccc(Br)cc2)C(=O)N1c1nccs1. The highest BCUT2D eigenvalue weighted by atomic mass is 79.9. The van der Waals surface area contributed by atoms with Crippen LogP contribution in [0.3, 0.4) is 0 Å². The molecule has 1 N–H and O–H groups in total. The molecular weight excluding hydrogens is 358 g/mol. The molecule has 2 aromatic rings. The minimum Gasteiger partial charge on any atom is -0.278 e. The van der Waals surface area contributed by atoms with E-state index >= 15 is 0 Å². The van der Waals surface area contributed by atoms with E-state index in [0.29, 0.717) is 10.0 Å². The van der Waals surface area contributed by atoms with Gasteiger partial charge in [-0.15, -0.1) is 11.3 Å². The lowest BCUT2D eigenvalue weighted by molar-refractivity contribution is -0.113. The molecule has 3 rings (SSSR count). The third-order valence-electron chi connectivity index (χ3n) is 2.60. The van der Waals surface area contributed by atoms with Gasteiger partial charge in [-0.3, -0.25) is 10.2 Å². The number of carbonyl (C=O) groups is 1. The molecule has 0 spiro atoms. The van der Waals surface area contributed by atoms with E-state index in [2.05, 4.69) is 20.9 Å². The number of aromatic nitrogens is 1. The zero-order valence-electron chi connectivity index (χ0n) is 10.0. The van der Waals surface area contributed by atoms with Crippen LogP contribution in [-0.4, -0.2) is 16.1 Å². The van der Waals surface area contributed by atoms with Crippen LogP contribution in [0.5, 0.6) is 0 Å². The van der Waals surface area contributed by atoms with Crippen molar-refractivity contribution >= 4 is 61.3 Å². The van der Waals surface area contributed by atoms with Gasteiger partial charge in [-0.05, 0) is 35.5 Å². The number of hydrogen-bond donors (Lipinski definition) is 1. The van der Waals surface area contributed by atoms with Crippen LogP contribution in [0.2, 0.25) is 0 Å². The monoisotopic (exact) mass is 365 g/mol. The molecule has 1 aliphatic heterocycles. The first-order valence-corrected chi connectivity index (χ1v) is 8.12. The van der Waals surface area contributed by atoms with E-state index in [-0.39, 0.29) is 11.1 Å². The van der Waals surface area contributed by atoms with Crippen LogP contribution >= 0.6 is 39.0 Å². The van der Waals surface area contributed by atoms with Gasteiger partial charge in [0.15, 0.2) is 10.3 Å². The highest BCUT2D eigenvalue weighted by Crippen LogP contribution is 2.35. The molecule has 1 saturated heterocycles. The first kappa shape index (κ1) is 13.5. The third kappa shape index (κ3) is 2.56. The van der Waals surface area contributed by atoms with E-state index in [1.165, 1.54) is 16.2 Å². The van der Waals surface area contributed by atoms with Crippen molar-refractivity contribution in [3.05, 3.63) is 50.8 Å². The molecule has 1 aromatic carbocycles. The summed E-state index contributed by atoms with van der Waals surface area (Å²) in [6.07, 6.45) is 3.42. The Labute approximate surface area is 132 Å². The number of thioether (sulfide) groups is 1. The lowest BCUT2D eigenvalue weighted by atomic mass is 10.2. The molecule has 1 fully saturated rings.